The SMILES string of the molecule is O=C(CSc1nnc(CN2CCOCC2)n1-c1ccc(Cl)cc1)Nc1ccc(Cl)c([N+](=O)[O-])c1. The molecule has 0 unspecified atom stereocenters. The first-order valence-electron chi connectivity index (χ1n) is 10.3. The smallest absolute Gasteiger partial charge is 0.289 e. The molecule has 10 nitrogen and oxygen atoms in total. The van der Waals surface area contributed by atoms with E-state index in [0.717, 1.165) is 24.6 Å². The summed E-state index contributed by atoms with van der Waals surface area (Å²) in [6, 6.07) is 11.4. The fourth-order valence-electron chi connectivity index (χ4n) is 3.36. The lowest BCUT2D eigenvalue weighted by Crippen LogP contribution is -2.36. The average Bonchev–Trinajstić information content (AvgIpc) is 3.22. The molecule has 0 radical (unpaired) electrons. The summed E-state index contributed by atoms with van der Waals surface area (Å²) in [6.07, 6.45) is 0. The van der Waals surface area contributed by atoms with Gasteiger partial charge in [-0.25, -0.2) is 0 Å². The summed E-state index contributed by atoms with van der Waals surface area (Å²) in [5, 5.41) is 23.6. The van der Waals surface area contributed by atoms with Crippen LogP contribution in [0.5, 0.6) is 0 Å². The molecule has 178 valence electrons. The topological polar surface area (TPSA) is 115 Å². The minimum Gasteiger partial charge on any atom is -0.379 e. The molecule has 2 heterocycles. The molecule has 0 aliphatic carbocycles. The van der Waals surface area contributed by atoms with E-state index in [2.05, 4.69) is 20.4 Å². The van der Waals surface area contributed by atoms with Gasteiger partial charge in [0.1, 0.15) is 5.02 Å². The van der Waals surface area contributed by atoms with Crippen molar-refractivity contribution in [3.8, 4) is 5.69 Å². The molecule has 3 aromatic rings. The highest BCUT2D eigenvalue weighted by Gasteiger charge is 2.20. The normalized spacial score (nSPS) is 14.2. The van der Waals surface area contributed by atoms with Gasteiger partial charge in [0, 0.05) is 35.6 Å². The first-order chi connectivity index (χ1) is 16.4. The maximum Gasteiger partial charge on any atom is 0.289 e. The van der Waals surface area contributed by atoms with Gasteiger partial charge in [-0.2, -0.15) is 0 Å². The number of hydrogen-bond donors (Lipinski definition) is 1. The molecule has 0 bridgehead atoms. The van der Waals surface area contributed by atoms with E-state index < -0.39 is 4.92 Å². The second-order valence-corrected chi connectivity index (χ2v) is 9.15. The van der Waals surface area contributed by atoms with Crippen molar-refractivity contribution >= 4 is 52.2 Å². The van der Waals surface area contributed by atoms with Crippen molar-refractivity contribution in [3.05, 3.63) is 68.4 Å². The molecule has 0 spiro atoms. The number of nitro groups is 1. The molecule has 1 aliphatic rings. The number of nitrogens with zero attached hydrogens (tertiary/aromatic N) is 5. The van der Waals surface area contributed by atoms with Crippen molar-refractivity contribution < 1.29 is 14.5 Å². The Morgan fingerprint density at radius 1 is 1.15 bits per heavy atom. The number of thioether (sulfide) groups is 1. The zero-order valence-electron chi connectivity index (χ0n) is 17.8. The number of hydrogen-bond acceptors (Lipinski definition) is 8. The Morgan fingerprint density at radius 3 is 2.59 bits per heavy atom. The van der Waals surface area contributed by atoms with Gasteiger partial charge in [-0.15, -0.1) is 10.2 Å². The molecule has 1 amide bonds. The standard InChI is InChI=1S/C21H20Cl2N6O4S/c22-14-1-4-16(5-2-14)28-19(12-27-7-9-33-10-8-27)25-26-21(28)34-13-20(30)24-15-3-6-17(23)18(11-15)29(31)32/h1-6,11H,7-10,12-13H2,(H,24,30). The lowest BCUT2D eigenvalue weighted by Gasteiger charge is -2.26. The number of carbonyl (C=O) groups excluding carboxylic acids is 1. The van der Waals surface area contributed by atoms with Gasteiger partial charge in [-0.1, -0.05) is 35.0 Å². The quantitative estimate of drug-likeness (QED) is 0.267. The molecule has 2 aromatic carbocycles. The number of amides is 1. The number of aromatic nitrogens is 3. The lowest BCUT2D eigenvalue weighted by molar-refractivity contribution is -0.384. The number of halogens is 2. The second-order valence-electron chi connectivity index (χ2n) is 7.36. The maximum absolute atomic E-state index is 12.5. The molecule has 0 saturated carbocycles. The van der Waals surface area contributed by atoms with Gasteiger partial charge in [-0.3, -0.25) is 24.4 Å². The Kier molecular flexibility index (Phi) is 8.01. The predicted octanol–water partition coefficient (Wildman–Crippen LogP) is 4.05. The highest BCUT2D eigenvalue weighted by molar-refractivity contribution is 7.99. The van der Waals surface area contributed by atoms with Crippen LogP contribution in [-0.4, -0.2) is 62.6 Å². The van der Waals surface area contributed by atoms with Crippen molar-refractivity contribution in [1.29, 1.82) is 0 Å². The van der Waals surface area contributed by atoms with Crippen LogP contribution in [0.1, 0.15) is 5.82 Å². The Labute approximate surface area is 209 Å². The van der Waals surface area contributed by atoms with Gasteiger partial charge in [0.2, 0.25) is 5.91 Å². The zero-order chi connectivity index (χ0) is 24.1. The first kappa shape index (κ1) is 24.4. The van der Waals surface area contributed by atoms with E-state index in [1.807, 2.05) is 16.7 Å². The van der Waals surface area contributed by atoms with E-state index in [1.54, 1.807) is 12.1 Å². The van der Waals surface area contributed by atoms with Gasteiger partial charge in [0.25, 0.3) is 5.69 Å². The molecule has 0 atom stereocenters. The second kappa shape index (κ2) is 11.2. The molecular weight excluding hydrogens is 503 g/mol. The van der Waals surface area contributed by atoms with Gasteiger partial charge in [0.15, 0.2) is 11.0 Å². The summed E-state index contributed by atoms with van der Waals surface area (Å²) in [5.41, 5.74) is 0.838. The molecule has 1 aliphatic heterocycles. The number of nitrogens with one attached hydrogen (secondary N) is 1. The summed E-state index contributed by atoms with van der Waals surface area (Å²) in [4.78, 5) is 25.2. The fraction of sp³-hybridized carbons (Fsp3) is 0.286. The van der Waals surface area contributed by atoms with E-state index >= 15 is 0 Å². The molecule has 1 aromatic heterocycles. The maximum atomic E-state index is 12.5. The van der Waals surface area contributed by atoms with Crippen LogP contribution in [0.4, 0.5) is 11.4 Å². The van der Waals surface area contributed by atoms with Crippen molar-refractivity contribution in [2.24, 2.45) is 0 Å². The van der Waals surface area contributed by atoms with Crippen LogP contribution in [0.25, 0.3) is 5.69 Å². The highest BCUT2D eigenvalue weighted by Crippen LogP contribution is 2.28. The van der Waals surface area contributed by atoms with Gasteiger partial charge >= 0.3 is 0 Å². The minimum absolute atomic E-state index is 0.00115. The average molecular weight is 523 g/mol. The molecule has 34 heavy (non-hydrogen) atoms. The molecule has 1 N–H and O–H groups in total. The van der Waals surface area contributed by atoms with Crippen LogP contribution in [0, 0.1) is 10.1 Å². The minimum atomic E-state index is -0.600. The van der Waals surface area contributed by atoms with Crippen molar-refractivity contribution in [3.63, 3.8) is 0 Å². The molecule has 1 saturated heterocycles. The van der Waals surface area contributed by atoms with Crippen LogP contribution in [0.15, 0.2) is 47.6 Å². The number of carbonyl (C=O) groups is 1. The Hall–Kier alpha value is -2.70. The third-order valence-corrected chi connectivity index (χ3v) is 6.51. The largest absolute Gasteiger partial charge is 0.379 e. The van der Waals surface area contributed by atoms with Crippen LogP contribution >= 0.6 is 35.0 Å². The summed E-state index contributed by atoms with van der Waals surface area (Å²) >= 11 is 13.1. The lowest BCUT2D eigenvalue weighted by atomic mass is 10.3. The fourth-order valence-corrected chi connectivity index (χ4v) is 4.45. The van der Waals surface area contributed by atoms with Crippen molar-refractivity contribution in [2.45, 2.75) is 11.7 Å². The van der Waals surface area contributed by atoms with Gasteiger partial charge < -0.3 is 10.1 Å². The molecule has 1 fully saturated rings. The number of morpholine rings is 1. The van der Waals surface area contributed by atoms with E-state index in [4.69, 9.17) is 27.9 Å². The Bertz CT molecular complexity index is 1180. The number of benzene rings is 2. The summed E-state index contributed by atoms with van der Waals surface area (Å²) in [7, 11) is 0. The molecule has 13 heteroatoms. The molecule has 4 rings (SSSR count). The predicted molar refractivity (Wildman–Crippen MR) is 130 cm³/mol. The van der Waals surface area contributed by atoms with Crippen LogP contribution in [0.3, 0.4) is 0 Å². The highest BCUT2D eigenvalue weighted by atomic mass is 35.5. The summed E-state index contributed by atoms with van der Waals surface area (Å²) in [5.74, 6) is 0.419. The summed E-state index contributed by atoms with van der Waals surface area (Å²) < 4.78 is 7.32. The zero-order valence-corrected chi connectivity index (χ0v) is 20.1. The van der Waals surface area contributed by atoms with E-state index in [9.17, 15) is 14.9 Å². The first-order valence-corrected chi connectivity index (χ1v) is 12.0. The number of anilines is 1. The third kappa shape index (κ3) is 6.05. The monoisotopic (exact) mass is 522 g/mol. The Morgan fingerprint density at radius 2 is 1.88 bits per heavy atom. The summed E-state index contributed by atoms with van der Waals surface area (Å²) in [6.45, 7) is 3.51. The van der Waals surface area contributed by atoms with Crippen molar-refractivity contribution in [1.82, 2.24) is 19.7 Å². The van der Waals surface area contributed by atoms with Crippen molar-refractivity contribution in [2.75, 3.05) is 37.4 Å². The van der Waals surface area contributed by atoms with Gasteiger partial charge in [0.05, 0.1) is 30.4 Å². The third-order valence-electron chi connectivity index (χ3n) is 5.01. The molecular formula is C21H20Cl2N6O4S. The van der Waals surface area contributed by atoms with Crippen LogP contribution in [0.2, 0.25) is 10.0 Å². The van der Waals surface area contributed by atoms with E-state index in [1.165, 1.54) is 30.0 Å². The van der Waals surface area contributed by atoms with Gasteiger partial charge in [-0.05, 0) is 36.4 Å². The number of rotatable bonds is 8. The van der Waals surface area contributed by atoms with Crippen LogP contribution < -0.4 is 5.32 Å². The Balaban J connectivity index is 1.49. The van der Waals surface area contributed by atoms with Crippen LogP contribution in [-0.2, 0) is 16.1 Å². The number of nitro benzene ring substituents is 1. The number of ether oxygens (including phenoxy) is 1. The van der Waals surface area contributed by atoms with E-state index in [0.29, 0.717) is 29.9 Å². The van der Waals surface area contributed by atoms with E-state index in [-0.39, 0.29) is 28.1 Å².